The van der Waals surface area contributed by atoms with Crippen LogP contribution in [-0.2, 0) is 19.1 Å². The molecule has 0 radical (unpaired) electrons. The highest BCUT2D eigenvalue weighted by atomic mass is 16.6. The van der Waals surface area contributed by atoms with Crippen LogP contribution in [0.1, 0.15) is 58.8 Å². The number of carbonyl (C=O) groups is 2. The Hall–Kier alpha value is -1.10. The fourth-order valence-corrected chi connectivity index (χ4v) is 4.23. The molecule has 0 aromatic carbocycles. The summed E-state index contributed by atoms with van der Waals surface area (Å²) < 4.78 is 10.9. The Labute approximate surface area is 138 Å². The molecule has 3 aliphatic heterocycles. The van der Waals surface area contributed by atoms with Gasteiger partial charge >= 0.3 is 11.9 Å². The summed E-state index contributed by atoms with van der Waals surface area (Å²) in [7, 11) is 0. The van der Waals surface area contributed by atoms with Gasteiger partial charge in [-0.25, -0.2) is 0 Å². The summed E-state index contributed by atoms with van der Waals surface area (Å²) in [6.45, 7) is 6.08. The van der Waals surface area contributed by atoms with Crippen LogP contribution < -0.4 is 0 Å². The molecule has 0 amide bonds. The molecule has 23 heavy (non-hydrogen) atoms. The first kappa shape index (κ1) is 16.7. The Morgan fingerprint density at radius 2 is 1.78 bits per heavy atom. The first-order chi connectivity index (χ1) is 11.0. The number of cyclic esters (lactones) is 2. The van der Waals surface area contributed by atoms with E-state index in [0.29, 0.717) is 6.04 Å². The molecule has 3 aliphatic rings. The normalized spacial score (nSPS) is 38.1. The minimum Gasteiger partial charge on any atom is -0.462 e. The lowest BCUT2D eigenvalue weighted by atomic mass is 10.00. The quantitative estimate of drug-likeness (QED) is 0.555. The molecule has 3 saturated heterocycles. The van der Waals surface area contributed by atoms with E-state index in [1.165, 1.54) is 6.42 Å². The van der Waals surface area contributed by atoms with Crippen molar-refractivity contribution in [3.8, 4) is 0 Å². The van der Waals surface area contributed by atoms with Gasteiger partial charge in [0.1, 0.15) is 12.2 Å². The molecule has 0 saturated carbocycles. The average molecular weight is 323 g/mol. The monoisotopic (exact) mass is 323 g/mol. The second-order valence-electron chi connectivity index (χ2n) is 7.55. The van der Waals surface area contributed by atoms with Crippen molar-refractivity contribution in [2.45, 2.75) is 77.0 Å². The van der Waals surface area contributed by atoms with Crippen LogP contribution in [0.2, 0.25) is 0 Å². The summed E-state index contributed by atoms with van der Waals surface area (Å²) >= 11 is 0. The van der Waals surface area contributed by atoms with Gasteiger partial charge in [0.05, 0.1) is 11.8 Å². The van der Waals surface area contributed by atoms with E-state index >= 15 is 0 Å². The van der Waals surface area contributed by atoms with Crippen LogP contribution in [0.25, 0.3) is 0 Å². The molecular weight excluding hydrogens is 294 g/mol. The van der Waals surface area contributed by atoms with Gasteiger partial charge in [-0.15, -0.1) is 0 Å². The van der Waals surface area contributed by atoms with Crippen LogP contribution in [0.4, 0.5) is 0 Å². The zero-order chi connectivity index (χ0) is 16.4. The van der Waals surface area contributed by atoms with Gasteiger partial charge in [0.2, 0.25) is 0 Å². The molecule has 5 atom stereocenters. The van der Waals surface area contributed by atoms with Gasteiger partial charge in [0.25, 0.3) is 0 Å². The Bertz CT molecular complexity index is 452. The number of carbonyl (C=O) groups excluding carboxylic acids is 2. The SMILES string of the molecule is C[C@@H]1C[C@@H](CCCCN2CCC[C@@H]2[C@H]2C[C@@H](C)C(=O)O2)OC1=O. The lowest BCUT2D eigenvalue weighted by Crippen LogP contribution is -2.39. The molecule has 3 fully saturated rings. The molecule has 0 N–H and O–H groups in total. The third-order valence-electron chi connectivity index (χ3n) is 5.62. The summed E-state index contributed by atoms with van der Waals surface area (Å²) in [4.78, 5) is 25.5. The highest BCUT2D eigenvalue weighted by molar-refractivity contribution is 5.74. The second kappa shape index (κ2) is 7.20. The first-order valence-electron chi connectivity index (χ1n) is 9.19. The number of hydrogen-bond acceptors (Lipinski definition) is 5. The Kier molecular flexibility index (Phi) is 5.24. The number of unbranched alkanes of at least 4 members (excludes halogenated alkanes) is 1. The van der Waals surface area contributed by atoms with E-state index in [9.17, 15) is 9.59 Å². The third kappa shape index (κ3) is 3.87. The van der Waals surface area contributed by atoms with Crippen molar-refractivity contribution in [1.29, 1.82) is 0 Å². The van der Waals surface area contributed by atoms with Gasteiger partial charge < -0.3 is 9.47 Å². The van der Waals surface area contributed by atoms with E-state index < -0.39 is 0 Å². The molecule has 3 heterocycles. The lowest BCUT2D eigenvalue weighted by molar-refractivity contribution is -0.146. The smallest absolute Gasteiger partial charge is 0.309 e. The lowest BCUT2D eigenvalue weighted by Gasteiger charge is -2.28. The molecule has 5 heteroatoms. The van der Waals surface area contributed by atoms with Gasteiger partial charge in [-0.05, 0) is 58.0 Å². The van der Waals surface area contributed by atoms with E-state index in [1.807, 2.05) is 13.8 Å². The summed E-state index contributed by atoms with van der Waals surface area (Å²) in [5.74, 6) is 0.0642. The molecular formula is C18H29NO4. The molecule has 0 unspecified atom stereocenters. The number of likely N-dealkylation sites (tertiary alicyclic amines) is 1. The van der Waals surface area contributed by atoms with Crippen molar-refractivity contribution in [3.63, 3.8) is 0 Å². The molecule has 0 aromatic rings. The van der Waals surface area contributed by atoms with Crippen LogP contribution in [0, 0.1) is 11.8 Å². The fourth-order valence-electron chi connectivity index (χ4n) is 4.23. The zero-order valence-corrected chi connectivity index (χ0v) is 14.3. The maximum Gasteiger partial charge on any atom is 0.309 e. The van der Waals surface area contributed by atoms with E-state index in [4.69, 9.17) is 9.47 Å². The predicted molar refractivity (Wildman–Crippen MR) is 85.8 cm³/mol. The van der Waals surface area contributed by atoms with Crippen molar-refractivity contribution < 1.29 is 19.1 Å². The van der Waals surface area contributed by atoms with Crippen molar-refractivity contribution in [2.24, 2.45) is 11.8 Å². The summed E-state index contributed by atoms with van der Waals surface area (Å²) in [6.07, 6.45) is 7.50. The van der Waals surface area contributed by atoms with Crippen LogP contribution in [0.5, 0.6) is 0 Å². The summed E-state index contributed by atoms with van der Waals surface area (Å²) in [5.41, 5.74) is 0. The third-order valence-corrected chi connectivity index (χ3v) is 5.62. The highest BCUT2D eigenvalue weighted by Gasteiger charge is 2.40. The number of nitrogens with zero attached hydrogens (tertiary/aromatic N) is 1. The van der Waals surface area contributed by atoms with Gasteiger partial charge in [-0.1, -0.05) is 13.8 Å². The number of ether oxygens (including phenoxy) is 2. The first-order valence-corrected chi connectivity index (χ1v) is 9.19. The minimum atomic E-state index is -0.0354. The standard InChI is InChI=1S/C18H29NO4/c1-12-10-14(22-17(12)20)6-3-4-8-19-9-5-7-15(19)16-11-13(2)18(21)23-16/h12-16H,3-11H2,1-2H3/t12-,13-,14-,15-,16-/m1/s1. The molecule has 5 nitrogen and oxygen atoms in total. The summed E-state index contributed by atoms with van der Waals surface area (Å²) in [6, 6.07) is 0.410. The molecule has 3 rings (SSSR count). The largest absolute Gasteiger partial charge is 0.462 e. The van der Waals surface area contributed by atoms with Crippen molar-refractivity contribution >= 4 is 11.9 Å². The van der Waals surface area contributed by atoms with Gasteiger partial charge in [0.15, 0.2) is 0 Å². The Balaban J connectivity index is 1.38. The molecule has 0 aliphatic carbocycles. The number of rotatable bonds is 6. The fraction of sp³-hybridized carbons (Fsp3) is 0.889. The molecule has 130 valence electrons. The van der Waals surface area contributed by atoms with Crippen LogP contribution in [0.15, 0.2) is 0 Å². The molecule has 0 aromatic heterocycles. The van der Waals surface area contributed by atoms with E-state index in [2.05, 4.69) is 4.90 Å². The van der Waals surface area contributed by atoms with E-state index in [1.54, 1.807) is 0 Å². The van der Waals surface area contributed by atoms with Crippen molar-refractivity contribution in [2.75, 3.05) is 13.1 Å². The average Bonchev–Trinajstić information content (AvgIpc) is 3.18. The topological polar surface area (TPSA) is 55.8 Å². The Morgan fingerprint density at radius 3 is 2.43 bits per heavy atom. The maximum absolute atomic E-state index is 11.6. The second-order valence-corrected chi connectivity index (χ2v) is 7.55. The highest BCUT2D eigenvalue weighted by Crippen LogP contribution is 2.31. The minimum absolute atomic E-state index is 0.0287. The zero-order valence-electron chi connectivity index (χ0n) is 14.3. The summed E-state index contributed by atoms with van der Waals surface area (Å²) in [5, 5.41) is 0. The van der Waals surface area contributed by atoms with Crippen molar-refractivity contribution in [3.05, 3.63) is 0 Å². The van der Waals surface area contributed by atoms with Gasteiger partial charge in [-0.2, -0.15) is 0 Å². The van der Waals surface area contributed by atoms with Crippen molar-refractivity contribution in [1.82, 2.24) is 4.90 Å². The number of esters is 2. The maximum atomic E-state index is 11.6. The van der Waals surface area contributed by atoms with E-state index in [0.717, 1.165) is 51.6 Å². The van der Waals surface area contributed by atoms with Crippen LogP contribution in [-0.4, -0.2) is 48.2 Å². The molecule has 0 spiro atoms. The number of hydrogen-bond donors (Lipinski definition) is 0. The van der Waals surface area contributed by atoms with Gasteiger partial charge in [-0.3, -0.25) is 14.5 Å². The van der Waals surface area contributed by atoms with E-state index in [-0.39, 0.29) is 36.0 Å². The molecule has 0 bridgehead atoms. The predicted octanol–water partition coefficient (Wildman–Crippen LogP) is 2.52. The van der Waals surface area contributed by atoms with Gasteiger partial charge in [0, 0.05) is 6.04 Å². The van der Waals surface area contributed by atoms with Crippen LogP contribution >= 0.6 is 0 Å². The van der Waals surface area contributed by atoms with Crippen LogP contribution in [0.3, 0.4) is 0 Å². The Morgan fingerprint density at radius 1 is 1.04 bits per heavy atom.